The highest BCUT2D eigenvalue weighted by Crippen LogP contribution is 2.47. The predicted molar refractivity (Wildman–Crippen MR) is 238 cm³/mol. The van der Waals surface area contributed by atoms with Gasteiger partial charge in [0, 0.05) is 72.7 Å². The number of carbonyl (C=O) groups excluding carboxylic acids is 1. The molecule has 0 aliphatic carbocycles. The number of nitrogens with one attached hydrogen (secondary N) is 1. The van der Waals surface area contributed by atoms with Crippen molar-refractivity contribution in [1.82, 2.24) is 15.1 Å². The molecule has 3 saturated heterocycles. The lowest BCUT2D eigenvalue weighted by atomic mass is 9.83. The average Bonchev–Trinajstić information content (AvgIpc) is 3.89. The number of esters is 1. The molecular weight excluding hydrogens is 813 g/mol. The second-order valence-corrected chi connectivity index (χ2v) is 18.3. The van der Waals surface area contributed by atoms with Crippen molar-refractivity contribution in [3.05, 3.63) is 175 Å². The number of halogens is 3. The molecular formula is C50H52Cl3N3O4. The van der Waals surface area contributed by atoms with Gasteiger partial charge in [0.05, 0.1) is 30.0 Å². The van der Waals surface area contributed by atoms with Gasteiger partial charge in [-0.3, -0.25) is 9.80 Å². The number of likely N-dealkylation sites (tertiary alicyclic amines) is 2. The first-order valence-electron chi connectivity index (χ1n) is 21.3. The minimum Gasteiger partial charge on any atom is -0.450 e. The zero-order valence-corrected chi connectivity index (χ0v) is 36.2. The van der Waals surface area contributed by atoms with Crippen molar-refractivity contribution < 1.29 is 19.0 Å². The van der Waals surface area contributed by atoms with Gasteiger partial charge in [-0.1, -0.05) is 114 Å². The summed E-state index contributed by atoms with van der Waals surface area (Å²) in [4.78, 5) is 17.1. The van der Waals surface area contributed by atoms with Crippen molar-refractivity contribution in [1.29, 1.82) is 0 Å². The first-order chi connectivity index (χ1) is 29.2. The fourth-order valence-corrected chi connectivity index (χ4v) is 10.6. The van der Waals surface area contributed by atoms with Crippen molar-refractivity contribution in [2.24, 2.45) is 0 Å². The van der Waals surface area contributed by atoms with Gasteiger partial charge in [-0.25, -0.2) is 4.79 Å². The Morgan fingerprint density at radius 3 is 1.45 bits per heavy atom. The summed E-state index contributed by atoms with van der Waals surface area (Å²) in [6, 6.07) is 39.1. The van der Waals surface area contributed by atoms with Crippen molar-refractivity contribution in [3.63, 3.8) is 0 Å². The molecule has 11 rings (SSSR count). The molecule has 10 heteroatoms. The number of hydrogen-bond donors (Lipinski definition) is 1. The molecule has 60 heavy (non-hydrogen) atoms. The summed E-state index contributed by atoms with van der Waals surface area (Å²) in [5, 5.41) is 5.57. The van der Waals surface area contributed by atoms with E-state index in [0.717, 1.165) is 113 Å². The standard InChI is InChI=1S/C19H18ClNO2.C19H20ClNO.C12H14ClNO/c20-15-6-7-17-16(12-15)18(22)23-19(17)8-10-21(11-9-19)13-14-4-2-1-3-5-14;20-17-6-7-18-16(12-17)14-22-19(18)8-10-21(11-9-19)13-15-4-2-1-3-5-15;13-10-1-2-11-9(7-10)8-15-12(11)3-5-14-6-4-12/h1-7,12H,8-11,13H2;1-7,12H,8-11,13-14H2;1-2,7,14H,3-6,8H2. The van der Waals surface area contributed by atoms with Crippen LogP contribution in [0.5, 0.6) is 0 Å². The Labute approximate surface area is 368 Å². The van der Waals surface area contributed by atoms with E-state index in [9.17, 15) is 4.79 Å². The van der Waals surface area contributed by atoms with Crippen molar-refractivity contribution in [2.45, 2.75) is 81.6 Å². The van der Waals surface area contributed by atoms with Crippen molar-refractivity contribution in [2.75, 3.05) is 39.3 Å². The van der Waals surface area contributed by atoms with Gasteiger partial charge in [0.25, 0.3) is 0 Å². The van der Waals surface area contributed by atoms with Gasteiger partial charge in [-0.2, -0.15) is 0 Å². The van der Waals surface area contributed by atoms with E-state index in [-0.39, 0.29) is 17.2 Å². The second kappa shape index (κ2) is 17.9. The van der Waals surface area contributed by atoms with Crippen LogP contribution in [-0.4, -0.2) is 55.0 Å². The van der Waals surface area contributed by atoms with Gasteiger partial charge in [0.2, 0.25) is 0 Å². The lowest BCUT2D eigenvalue weighted by Gasteiger charge is -2.39. The van der Waals surface area contributed by atoms with E-state index < -0.39 is 5.60 Å². The number of nitrogens with zero attached hydrogens (tertiary/aromatic N) is 2. The van der Waals surface area contributed by atoms with Crippen LogP contribution in [0, 0.1) is 0 Å². The predicted octanol–water partition coefficient (Wildman–Crippen LogP) is 10.8. The lowest BCUT2D eigenvalue weighted by Crippen LogP contribution is -2.42. The van der Waals surface area contributed by atoms with E-state index in [2.05, 4.69) is 87.9 Å². The van der Waals surface area contributed by atoms with E-state index in [0.29, 0.717) is 17.2 Å². The molecule has 5 aromatic carbocycles. The Morgan fingerprint density at radius 2 is 0.950 bits per heavy atom. The topological polar surface area (TPSA) is 63.3 Å². The van der Waals surface area contributed by atoms with E-state index in [1.165, 1.54) is 33.4 Å². The van der Waals surface area contributed by atoms with Crippen LogP contribution in [-0.2, 0) is 57.3 Å². The van der Waals surface area contributed by atoms with Crippen molar-refractivity contribution >= 4 is 40.8 Å². The zero-order valence-electron chi connectivity index (χ0n) is 33.9. The van der Waals surface area contributed by atoms with Crippen LogP contribution in [0.1, 0.15) is 87.8 Å². The Kier molecular flexibility index (Phi) is 12.4. The number of ether oxygens (including phenoxy) is 3. The van der Waals surface area contributed by atoms with Crippen LogP contribution in [0.2, 0.25) is 15.1 Å². The van der Waals surface area contributed by atoms with Gasteiger partial charge in [0.15, 0.2) is 0 Å². The fraction of sp³-hybridized carbons (Fsp3) is 0.380. The number of fused-ring (bicyclic) bond motifs is 6. The third-order valence-electron chi connectivity index (χ3n) is 13.3. The molecule has 0 amide bonds. The number of rotatable bonds is 4. The zero-order chi connectivity index (χ0) is 41.2. The normalized spacial score (nSPS) is 20.7. The van der Waals surface area contributed by atoms with Gasteiger partial charge in [-0.15, -0.1) is 0 Å². The van der Waals surface area contributed by atoms with E-state index in [1.807, 2.05) is 36.4 Å². The number of piperidine rings is 3. The smallest absolute Gasteiger partial charge is 0.339 e. The molecule has 6 heterocycles. The molecule has 0 unspecified atom stereocenters. The largest absolute Gasteiger partial charge is 0.450 e. The summed E-state index contributed by atoms with van der Waals surface area (Å²) in [6.45, 7) is 9.49. The number of hydrogen-bond acceptors (Lipinski definition) is 7. The molecule has 7 nitrogen and oxygen atoms in total. The minimum atomic E-state index is -0.454. The van der Waals surface area contributed by atoms with Crippen LogP contribution in [0.25, 0.3) is 0 Å². The number of carbonyl (C=O) groups is 1. The Morgan fingerprint density at radius 1 is 0.517 bits per heavy atom. The molecule has 5 aromatic rings. The monoisotopic (exact) mass is 863 g/mol. The highest BCUT2D eigenvalue weighted by molar-refractivity contribution is 6.31. The van der Waals surface area contributed by atoms with Crippen LogP contribution in [0.15, 0.2) is 115 Å². The highest BCUT2D eigenvalue weighted by atomic mass is 35.5. The minimum absolute atomic E-state index is 0.0226. The van der Waals surface area contributed by atoms with E-state index >= 15 is 0 Å². The van der Waals surface area contributed by atoms with Crippen molar-refractivity contribution in [3.8, 4) is 0 Å². The maximum Gasteiger partial charge on any atom is 0.339 e. The van der Waals surface area contributed by atoms with Gasteiger partial charge in [0.1, 0.15) is 5.60 Å². The molecule has 3 spiro atoms. The Hall–Kier alpha value is -3.76. The van der Waals surface area contributed by atoms with Gasteiger partial charge >= 0.3 is 5.97 Å². The first-order valence-corrected chi connectivity index (χ1v) is 22.5. The van der Waals surface area contributed by atoms with E-state index in [4.69, 9.17) is 49.0 Å². The Balaban J connectivity index is 0.000000118. The summed E-state index contributed by atoms with van der Waals surface area (Å²) in [5.41, 5.74) is 9.04. The van der Waals surface area contributed by atoms with Gasteiger partial charge in [-0.05, 0) is 109 Å². The van der Waals surface area contributed by atoms with Crippen LogP contribution in [0.3, 0.4) is 0 Å². The fourth-order valence-electron chi connectivity index (χ4n) is 10.1. The molecule has 312 valence electrons. The molecule has 0 atom stereocenters. The summed E-state index contributed by atoms with van der Waals surface area (Å²) < 4.78 is 18.0. The van der Waals surface area contributed by atoms with Gasteiger partial charge < -0.3 is 19.5 Å². The van der Waals surface area contributed by atoms with Crippen LogP contribution < -0.4 is 5.32 Å². The third-order valence-corrected chi connectivity index (χ3v) is 14.0. The lowest BCUT2D eigenvalue weighted by molar-refractivity contribution is -0.0799. The molecule has 0 aromatic heterocycles. The maximum atomic E-state index is 12.2. The first kappa shape index (κ1) is 41.6. The summed E-state index contributed by atoms with van der Waals surface area (Å²) in [5.74, 6) is -0.237. The molecule has 1 N–H and O–H groups in total. The molecule has 0 saturated carbocycles. The third kappa shape index (κ3) is 8.79. The second-order valence-electron chi connectivity index (χ2n) is 17.0. The summed E-state index contributed by atoms with van der Waals surface area (Å²) >= 11 is 18.1. The molecule has 6 aliphatic rings. The van der Waals surface area contributed by atoms with Crippen LogP contribution >= 0.6 is 34.8 Å². The maximum absolute atomic E-state index is 12.2. The highest BCUT2D eigenvalue weighted by Gasteiger charge is 2.47. The average molecular weight is 865 g/mol. The summed E-state index contributed by atoms with van der Waals surface area (Å²) in [7, 11) is 0. The molecule has 0 bridgehead atoms. The SMILES string of the molecule is Clc1ccc2c(c1)COC21CCN(Cc2ccccc2)CC1.Clc1ccc2c(c1)COC21CCNCC1.O=C1OC2(CCN(Cc3ccccc3)CC2)c2ccc(Cl)cc21. The number of benzene rings is 5. The Bertz CT molecular complexity index is 2290. The summed E-state index contributed by atoms with van der Waals surface area (Å²) in [6.07, 6.45) is 5.94. The van der Waals surface area contributed by atoms with E-state index in [1.54, 1.807) is 6.07 Å². The molecule has 6 aliphatic heterocycles. The van der Waals surface area contributed by atoms with Crippen LogP contribution in [0.4, 0.5) is 0 Å². The molecule has 0 radical (unpaired) electrons. The molecule has 3 fully saturated rings. The quantitative estimate of drug-likeness (QED) is 0.181.